The summed E-state index contributed by atoms with van der Waals surface area (Å²) in [5, 5.41) is 0. The van der Waals surface area contributed by atoms with Gasteiger partial charge in [-0.15, -0.1) is 0 Å². The maximum absolute atomic E-state index is 13.6. The zero-order valence-electron chi connectivity index (χ0n) is 16.4. The van der Waals surface area contributed by atoms with Crippen LogP contribution < -0.4 is 20.9 Å². The number of sulfone groups is 1. The molecule has 0 saturated carbocycles. The van der Waals surface area contributed by atoms with Gasteiger partial charge in [0, 0.05) is 23.5 Å². The van der Waals surface area contributed by atoms with Crippen LogP contribution in [0.4, 0.5) is 11.4 Å². The Kier molecular flexibility index (Phi) is 5.51. The van der Waals surface area contributed by atoms with E-state index in [9.17, 15) is 8.42 Å². The van der Waals surface area contributed by atoms with Gasteiger partial charge in [-0.1, -0.05) is 36.4 Å². The Labute approximate surface area is 180 Å². The first-order valence-electron chi connectivity index (χ1n) is 9.43. The van der Waals surface area contributed by atoms with Crippen molar-refractivity contribution in [2.75, 3.05) is 11.5 Å². The predicted octanol–water partition coefficient (Wildman–Crippen LogP) is 5.27. The van der Waals surface area contributed by atoms with Crippen molar-refractivity contribution in [1.29, 1.82) is 0 Å². The first-order valence-corrected chi connectivity index (χ1v) is 10.9. The third-order valence-electron chi connectivity index (χ3n) is 4.46. The van der Waals surface area contributed by atoms with Gasteiger partial charge in [0.2, 0.25) is 9.84 Å². The summed E-state index contributed by atoms with van der Waals surface area (Å²) in [5.74, 6) is 1.22. The molecule has 0 radical (unpaired) electrons. The van der Waals surface area contributed by atoms with Gasteiger partial charge < -0.3 is 20.9 Å². The minimum atomic E-state index is -4.04. The summed E-state index contributed by atoms with van der Waals surface area (Å²) in [7, 11) is -4.04. The quantitative estimate of drug-likeness (QED) is 0.402. The summed E-state index contributed by atoms with van der Waals surface area (Å²) in [4.78, 5) is -0.0681. The van der Waals surface area contributed by atoms with Crippen LogP contribution in [0.3, 0.4) is 0 Å². The van der Waals surface area contributed by atoms with Crippen molar-refractivity contribution in [2.24, 2.45) is 0 Å². The molecular weight excluding hydrogens is 412 g/mol. The average molecular weight is 433 g/mol. The fourth-order valence-corrected chi connectivity index (χ4v) is 4.46. The predicted molar refractivity (Wildman–Crippen MR) is 120 cm³/mol. The average Bonchev–Trinajstić information content (AvgIpc) is 2.75. The number of nitrogens with two attached hydrogens (primary N) is 2. The molecule has 0 unspecified atom stereocenters. The van der Waals surface area contributed by atoms with Crippen LogP contribution in [-0.2, 0) is 9.84 Å². The fraction of sp³-hybridized carbons (Fsp3) is 0. The van der Waals surface area contributed by atoms with Gasteiger partial charge >= 0.3 is 0 Å². The molecule has 0 spiro atoms. The van der Waals surface area contributed by atoms with Crippen LogP contribution in [-0.4, -0.2) is 8.42 Å². The van der Waals surface area contributed by atoms with E-state index in [1.807, 2.05) is 12.1 Å². The molecule has 4 aromatic carbocycles. The number of nitrogen functional groups attached to an aromatic ring is 2. The van der Waals surface area contributed by atoms with E-state index in [0.717, 1.165) is 0 Å². The maximum atomic E-state index is 13.6. The van der Waals surface area contributed by atoms with Gasteiger partial charge in [-0.2, -0.15) is 0 Å². The highest BCUT2D eigenvalue weighted by Crippen LogP contribution is 2.39. The highest BCUT2D eigenvalue weighted by atomic mass is 32.2. The van der Waals surface area contributed by atoms with Crippen molar-refractivity contribution < 1.29 is 17.9 Å². The van der Waals surface area contributed by atoms with Crippen molar-refractivity contribution >= 4 is 21.2 Å². The Balaban J connectivity index is 1.81. The SMILES string of the molecule is Nc1ccc(S(=O)(=O)c2ccc(N)cc2Oc2ccccc2)c(Oc2ccccc2)c1. The Morgan fingerprint density at radius 3 is 1.32 bits per heavy atom. The largest absolute Gasteiger partial charge is 0.456 e. The van der Waals surface area contributed by atoms with Gasteiger partial charge in [0.05, 0.1) is 0 Å². The third kappa shape index (κ3) is 4.46. The van der Waals surface area contributed by atoms with Crippen molar-refractivity contribution in [1.82, 2.24) is 0 Å². The van der Waals surface area contributed by atoms with E-state index in [4.69, 9.17) is 20.9 Å². The zero-order chi connectivity index (χ0) is 21.8. The molecule has 0 aliphatic heterocycles. The molecule has 0 heterocycles. The summed E-state index contributed by atoms with van der Waals surface area (Å²) in [6, 6.07) is 26.6. The van der Waals surface area contributed by atoms with Crippen molar-refractivity contribution in [3.8, 4) is 23.0 Å². The van der Waals surface area contributed by atoms with Crippen LogP contribution in [0.2, 0.25) is 0 Å². The number of benzene rings is 4. The summed E-state index contributed by atoms with van der Waals surface area (Å²) in [5.41, 5.74) is 12.6. The molecule has 4 aromatic rings. The van der Waals surface area contributed by atoms with Crippen LogP contribution in [0.5, 0.6) is 23.0 Å². The molecule has 0 aliphatic rings. The molecule has 31 heavy (non-hydrogen) atoms. The van der Waals surface area contributed by atoms with E-state index in [-0.39, 0.29) is 21.3 Å². The summed E-state index contributed by atoms with van der Waals surface area (Å²) >= 11 is 0. The van der Waals surface area contributed by atoms with E-state index in [0.29, 0.717) is 22.9 Å². The van der Waals surface area contributed by atoms with Gasteiger partial charge in [0.25, 0.3) is 0 Å². The second kappa shape index (κ2) is 8.41. The number of ether oxygens (including phenoxy) is 2. The maximum Gasteiger partial charge on any atom is 0.213 e. The smallest absolute Gasteiger partial charge is 0.213 e. The van der Waals surface area contributed by atoms with Crippen molar-refractivity contribution in [3.63, 3.8) is 0 Å². The minimum Gasteiger partial charge on any atom is -0.456 e. The molecule has 0 atom stereocenters. The summed E-state index contributed by atoms with van der Waals surface area (Å²) < 4.78 is 39.0. The molecule has 0 saturated heterocycles. The van der Waals surface area contributed by atoms with E-state index in [2.05, 4.69) is 0 Å². The Hall–Kier alpha value is -3.97. The first kappa shape index (κ1) is 20.3. The lowest BCUT2D eigenvalue weighted by Gasteiger charge is -2.16. The molecule has 0 bridgehead atoms. The highest BCUT2D eigenvalue weighted by Gasteiger charge is 2.27. The van der Waals surface area contributed by atoms with E-state index < -0.39 is 9.84 Å². The molecule has 0 aromatic heterocycles. The van der Waals surface area contributed by atoms with Gasteiger partial charge in [0.15, 0.2) is 0 Å². The second-order valence-electron chi connectivity index (χ2n) is 6.75. The van der Waals surface area contributed by atoms with Gasteiger partial charge in [-0.25, -0.2) is 8.42 Å². The highest BCUT2D eigenvalue weighted by molar-refractivity contribution is 7.91. The van der Waals surface area contributed by atoms with E-state index in [1.54, 1.807) is 48.5 Å². The number of hydrogen-bond donors (Lipinski definition) is 2. The summed E-state index contributed by atoms with van der Waals surface area (Å²) in [6.45, 7) is 0. The molecule has 4 rings (SSSR count). The zero-order valence-corrected chi connectivity index (χ0v) is 17.3. The van der Waals surface area contributed by atoms with E-state index in [1.165, 1.54) is 36.4 Å². The Morgan fingerprint density at radius 2 is 0.935 bits per heavy atom. The van der Waals surface area contributed by atoms with Crippen LogP contribution in [0, 0.1) is 0 Å². The standard InChI is InChI=1S/C24H20N2O4S/c25-17-11-13-23(21(15-17)29-19-7-3-1-4-8-19)31(27,28)24-14-12-18(26)16-22(24)30-20-9-5-2-6-10-20/h1-16H,25-26H2. The van der Waals surface area contributed by atoms with Gasteiger partial charge in [-0.3, -0.25) is 0 Å². The van der Waals surface area contributed by atoms with E-state index >= 15 is 0 Å². The Morgan fingerprint density at radius 1 is 0.548 bits per heavy atom. The molecule has 7 heteroatoms. The molecule has 4 N–H and O–H groups in total. The van der Waals surface area contributed by atoms with Crippen LogP contribution in [0.25, 0.3) is 0 Å². The van der Waals surface area contributed by atoms with Gasteiger partial charge in [-0.05, 0) is 48.5 Å². The number of hydrogen-bond acceptors (Lipinski definition) is 6. The Bertz CT molecular complexity index is 1210. The normalized spacial score (nSPS) is 11.1. The number of rotatable bonds is 6. The summed E-state index contributed by atoms with van der Waals surface area (Å²) in [6.07, 6.45) is 0. The molecule has 0 amide bonds. The first-order chi connectivity index (χ1) is 14.9. The van der Waals surface area contributed by atoms with Crippen LogP contribution in [0.1, 0.15) is 0 Å². The monoisotopic (exact) mass is 432 g/mol. The lowest BCUT2D eigenvalue weighted by Crippen LogP contribution is -2.07. The fourth-order valence-electron chi connectivity index (χ4n) is 3.00. The third-order valence-corrected chi connectivity index (χ3v) is 6.29. The molecule has 0 aliphatic carbocycles. The topological polar surface area (TPSA) is 105 Å². The molecule has 6 nitrogen and oxygen atoms in total. The number of para-hydroxylation sites is 2. The second-order valence-corrected chi connectivity index (χ2v) is 8.63. The molecule has 156 valence electrons. The van der Waals surface area contributed by atoms with Crippen LogP contribution >= 0.6 is 0 Å². The van der Waals surface area contributed by atoms with Crippen molar-refractivity contribution in [2.45, 2.75) is 9.79 Å². The molecular formula is C24H20N2O4S. The van der Waals surface area contributed by atoms with Crippen LogP contribution in [0.15, 0.2) is 107 Å². The lowest BCUT2D eigenvalue weighted by molar-refractivity contribution is 0.462. The molecule has 0 fully saturated rings. The van der Waals surface area contributed by atoms with Crippen molar-refractivity contribution in [3.05, 3.63) is 97.1 Å². The lowest BCUT2D eigenvalue weighted by atomic mass is 10.3. The minimum absolute atomic E-state index is 0.0340. The van der Waals surface area contributed by atoms with Gasteiger partial charge in [0.1, 0.15) is 32.8 Å². The number of anilines is 2.